The van der Waals surface area contributed by atoms with Crippen molar-refractivity contribution in [3.63, 3.8) is 0 Å². The number of nitrogens with two attached hydrogens (primary N) is 1. The first kappa shape index (κ1) is 30.2. The number of nitrogens with zero attached hydrogens (tertiary/aromatic N) is 3. The van der Waals surface area contributed by atoms with Crippen LogP contribution in [0.3, 0.4) is 0 Å². The zero-order valence-corrected chi connectivity index (χ0v) is 23.8. The van der Waals surface area contributed by atoms with Crippen LogP contribution in [0.25, 0.3) is 22.2 Å². The van der Waals surface area contributed by atoms with Crippen molar-refractivity contribution in [2.75, 3.05) is 33.4 Å². The van der Waals surface area contributed by atoms with Crippen molar-refractivity contribution in [2.45, 2.75) is 31.9 Å². The predicted molar refractivity (Wildman–Crippen MR) is 154 cm³/mol. The van der Waals surface area contributed by atoms with Gasteiger partial charge in [0.2, 0.25) is 5.91 Å². The van der Waals surface area contributed by atoms with Crippen LogP contribution in [0.15, 0.2) is 60.9 Å². The summed E-state index contributed by atoms with van der Waals surface area (Å²) in [5.74, 6) is -1.84. The lowest BCUT2D eigenvalue weighted by molar-refractivity contribution is -0.140. The van der Waals surface area contributed by atoms with Crippen LogP contribution in [0.4, 0.5) is 17.6 Å². The third-order valence-corrected chi connectivity index (χ3v) is 7.98. The maximum atomic E-state index is 14.3. The first-order chi connectivity index (χ1) is 20.6. The minimum absolute atomic E-state index is 0.0198. The lowest BCUT2D eigenvalue weighted by atomic mass is 9.89. The smallest absolute Gasteiger partial charge is 0.419 e. The molecule has 1 amide bonds. The lowest BCUT2D eigenvalue weighted by Gasteiger charge is -2.30. The van der Waals surface area contributed by atoms with E-state index in [-0.39, 0.29) is 5.56 Å². The number of ether oxygens (including phenoxy) is 2. The van der Waals surface area contributed by atoms with Crippen LogP contribution in [-0.4, -0.2) is 54.1 Å². The van der Waals surface area contributed by atoms with Crippen molar-refractivity contribution in [2.24, 2.45) is 11.7 Å². The van der Waals surface area contributed by atoms with Gasteiger partial charge in [-0.2, -0.15) is 13.2 Å². The maximum absolute atomic E-state index is 14.3. The fourth-order valence-corrected chi connectivity index (χ4v) is 5.54. The summed E-state index contributed by atoms with van der Waals surface area (Å²) in [7, 11) is 1.57. The van der Waals surface area contributed by atoms with Gasteiger partial charge < -0.3 is 20.1 Å². The monoisotopic (exact) mass is 596 g/mol. The Bertz CT molecular complexity index is 1600. The third-order valence-electron chi connectivity index (χ3n) is 7.98. The van der Waals surface area contributed by atoms with Gasteiger partial charge in [0.05, 0.1) is 36.4 Å². The molecule has 4 aromatic rings. The van der Waals surface area contributed by atoms with Gasteiger partial charge in [-0.15, -0.1) is 0 Å². The van der Waals surface area contributed by atoms with Crippen LogP contribution in [-0.2, 0) is 11.0 Å². The second kappa shape index (κ2) is 12.5. The first-order valence-electron chi connectivity index (χ1n) is 14.0. The molecule has 3 aromatic carbocycles. The summed E-state index contributed by atoms with van der Waals surface area (Å²) in [6.45, 7) is 5.95. The summed E-state index contributed by atoms with van der Waals surface area (Å²) in [5.41, 5.74) is 6.55. The highest BCUT2D eigenvalue weighted by atomic mass is 19.4. The van der Waals surface area contributed by atoms with Gasteiger partial charge in [0.15, 0.2) is 11.5 Å². The van der Waals surface area contributed by atoms with E-state index in [9.17, 15) is 22.4 Å². The van der Waals surface area contributed by atoms with Gasteiger partial charge in [0, 0.05) is 17.0 Å². The molecule has 5 rings (SSSR count). The molecule has 1 atom stereocenters. The van der Waals surface area contributed by atoms with E-state index < -0.39 is 29.4 Å². The zero-order valence-electron chi connectivity index (χ0n) is 23.8. The number of rotatable bonds is 9. The average Bonchev–Trinajstić information content (AvgIpc) is 2.99. The van der Waals surface area contributed by atoms with Crippen LogP contribution in [0.2, 0.25) is 0 Å². The normalized spacial score (nSPS) is 15.4. The number of hydrogen-bond donors (Lipinski definition) is 1. The predicted octanol–water partition coefficient (Wildman–Crippen LogP) is 6.19. The average molecular weight is 597 g/mol. The number of piperidine rings is 1. The number of aromatic nitrogens is 2. The van der Waals surface area contributed by atoms with Gasteiger partial charge in [-0.3, -0.25) is 4.79 Å². The first-order valence-corrected chi connectivity index (χ1v) is 14.0. The molecule has 0 spiro atoms. The van der Waals surface area contributed by atoms with Gasteiger partial charge in [0.1, 0.15) is 12.1 Å². The standard InChI is InChI=1S/C32H32F4N4O3/c1-3-40-12-10-19(11-13-40)17-43-28-16-26-23(15-27(28)42-2)30(39-18-38-26)21-6-4-20(5-7-21)29(31(37)41)22-8-9-24(25(33)14-22)32(34,35)36/h4-9,14-16,18-19,29H,3,10-13,17H2,1-2H3,(H2,37,41). The Labute approximate surface area is 246 Å². The number of halogens is 4. The summed E-state index contributed by atoms with van der Waals surface area (Å²) in [6.07, 6.45) is -1.25. The van der Waals surface area contributed by atoms with Crippen LogP contribution < -0.4 is 15.2 Å². The molecule has 7 nitrogen and oxygen atoms in total. The molecule has 0 saturated carbocycles. The molecule has 1 saturated heterocycles. The Morgan fingerprint density at radius 1 is 1.02 bits per heavy atom. The second-order valence-electron chi connectivity index (χ2n) is 10.6. The van der Waals surface area contributed by atoms with Crippen molar-refractivity contribution in [1.82, 2.24) is 14.9 Å². The SMILES string of the molecule is CCN1CCC(COc2cc3ncnc(-c4ccc(C(C(N)=O)c5ccc(C(F)(F)F)c(F)c5)cc4)c3cc2OC)CC1. The molecule has 2 heterocycles. The van der Waals surface area contributed by atoms with E-state index in [1.54, 1.807) is 31.4 Å². The third kappa shape index (κ3) is 6.56. The maximum Gasteiger partial charge on any atom is 0.419 e. The minimum atomic E-state index is -4.85. The van der Waals surface area contributed by atoms with Crippen LogP contribution in [0.1, 0.15) is 42.4 Å². The van der Waals surface area contributed by atoms with Crippen molar-refractivity contribution in [3.8, 4) is 22.8 Å². The molecule has 2 N–H and O–H groups in total. The number of hydrogen-bond acceptors (Lipinski definition) is 6. The number of amides is 1. The highest BCUT2D eigenvalue weighted by Crippen LogP contribution is 2.37. The molecule has 0 bridgehead atoms. The summed E-state index contributed by atoms with van der Waals surface area (Å²) in [5, 5.41) is 0.715. The topological polar surface area (TPSA) is 90.6 Å². The number of carbonyl (C=O) groups excluding carboxylic acids is 1. The van der Waals surface area contributed by atoms with E-state index in [0.29, 0.717) is 63.9 Å². The summed E-state index contributed by atoms with van der Waals surface area (Å²) >= 11 is 0. The van der Waals surface area contributed by atoms with Crippen LogP contribution >= 0.6 is 0 Å². The Hall–Kier alpha value is -4.25. The van der Waals surface area contributed by atoms with E-state index in [2.05, 4.69) is 21.8 Å². The Kier molecular flexibility index (Phi) is 8.82. The van der Waals surface area contributed by atoms with E-state index in [0.717, 1.165) is 38.5 Å². The molecule has 1 aliphatic heterocycles. The van der Waals surface area contributed by atoms with Crippen LogP contribution in [0.5, 0.6) is 11.5 Å². The molecule has 0 aliphatic carbocycles. The fourth-order valence-electron chi connectivity index (χ4n) is 5.54. The second-order valence-corrected chi connectivity index (χ2v) is 10.6. The number of methoxy groups -OCH3 is 1. The van der Waals surface area contributed by atoms with E-state index in [4.69, 9.17) is 15.2 Å². The number of alkyl halides is 3. The Balaban J connectivity index is 1.40. The molecule has 0 radical (unpaired) electrons. The number of carbonyl (C=O) groups is 1. The van der Waals surface area contributed by atoms with Gasteiger partial charge >= 0.3 is 6.18 Å². The Morgan fingerprint density at radius 2 is 1.72 bits per heavy atom. The van der Waals surface area contributed by atoms with Crippen molar-refractivity contribution in [1.29, 1.82) is 0 Å². The number of primary amides is 1. The van der Waals surface area contributed by atoms with Gasteiger partial charge in [-0.25, -0.2) is 14.4 Å². The molecule has 1 aliphatic rings. The largest absolute Gasteiger partial charge is 0.493 e. The minimum Gasteiger partial charge on any atom is -0.493 e. The zero-order chi connectivity index (χ0) is 30.7. The summed E-state index contributed by atoms with van der Waals surface area (Å²) in [6, 6.07) is 12.7. The molecular weight excluding hydrogens is 564 g/mol. The van der Waals surface area contributed by atoms with Crippen molar-refractivity contribution in [3.05, 3.63) is 83.4 Å². The number of benzene rings is 3. The summed E-state index contributed by atoms with van der Waals surface area (Å²) < 4.78 is 65.2. The van der Waals surface area contributed by atoms with Crippen molar-refractivity contribution >= 4 is 16.8 Å². The molecular formula is C32H32F4N4O3. The lowest BCUT2D eigenvalue weighted by Crippen LogP contribution is -2.35. The molecule has 226 valence electrons. The highest BCUT2D eigenvalue weighted by molar-refractivity contribution is 5.94. The van der Waals surface area contributed by atoms with Crippen LogP contribution in [0, 0.1) is 11.7 Å². The van der Waals surface area contributed by atoms with Crippen molar-refractivity contribution < 1.29 is 31.8 Å². The van der Waals surface area contributed by atoms with E-state index in [1.165, 1.54) is 6.33 Å². The fraction of sp³-hybridized carbons (Fsp3) is 0.344. The quantitative estimate of drug-likeness (QED) is 0.232. The van der Waals surface area contributed by atoms with Gasteiger partial charge in [-0.05, 0) is 67.7 Å². The molecule has 1 unspecified atom stereocenters. The van der Waals surface area contributed by atoms with Gasteiger partial charge in [-0.1, -0.05) is 37.3 Å². The van der Waals surface area contributed by atoms with E-state index >= 15 is 0 Å². The van der Waals surface area contributed by atoms with Gasteiger partial charge in [0.25, 0.3) is 0 Å². The Morgan fingerprint density at radius 3 is 2.33 bits per heavy atom. The van der Waals surface area contributed by atoms with E-state index in [1.807, 2.05) is 12.1 Å². The number of likely N-dealkylation sites (tertiary alicyclic amines) is 1. The molecule has 1 aromatic heterocycles. The molecule has 1 fully saturated rings. The summed E-state index contributed by atoms with van der Waals surface area (Å²) in [4.78, 5) is 23.7. The number of fused-ring (bicyclic) bond motifs is 1. The highest BCUT2D eigenvalue weighted by Gasteiger charge is 2.35. The molecule has 11 heteroatoms. The molecule has 43 heavy (non-hydrogen) atoms.